The molecule has 0 amide bonds. The summed E-state index contributed by atoms with van der Waals surface area (Å²) in [6, 6.07) is 0. The summed E-state index contributed by atoms with van der Waals surface area (Å²) in [6.45, 7) is -1.76. The van der Waals surface area contributed by atoms with E-state index in [0.29, 0.717) is 6.26 Å². The molecule has 0 heterocycles. The lowest BCUT2D eigenvalue weighted by Gasteiger charge is -2.03. The molecular formula is C3H8F3O6PS. The first-order valence-corrected chi connectivity index (χ1v) is 5.89. The average molecular weight is 260 g/mol. The van der Waals surface area contributed by atoms with Crippen molar-refractivity contribution in [2.24, 2.45) is 0 Å². The van der Waals surface area contributed by atoms with Crippen LogP contribution in [-0.2, 0) is 18.9 Å². The van der Waals surface area contributed by atoms with Crippen LogP contribution in [0.4, 0.5) is 13.2 Å². The second kappa shape index (κ2) is 6.36. The van der Waals surface area contributed by atoms with Gasteiger partial charge in [0.25, 0.3) is 10.1 Å². The van der Waals surface area contributed by atoms with Gasteiger partial charge >= 0.3 is 14.4 Å². The molecule has 6 nitrogen and oxygen atoms in total. The van der Waals surface area contributed by atoms with Gasteiger partial charge in [0, 0.05) is 0 Å². The van der Waals surface area contributed by atoms with Crippen LogP contribution in [0, 0.1) is 0 Å². The van der Waals surface area contributed by atoms with E-state index >= 15 is 0 Å². The Bertz CT molecular complexity index is 267. The van der Waals surface area contributed by atoms with Crippen molar-refractivity contribution < 1.29 is 40.1 Å². The third-order valence-electron chi connectivity index (χ3n) is 0.437. The first-order valence-electron chi connectivity index (χ1n) is 2.77. The van der Waals surface area contributed by atoms with Gasteiger partial charge < -0.3 is 9.79 Å². The Balaban J connectivity index is 0. The standard InChI is InChI=1S/C3H5F3O3S.H3O3P/c1-10(7,8)9-2-3(4,5)6;1-4(2)3/h2H2,1H3;4H,(H2,1,2,3). The fraction of sp³-hybridized carbons (Fsp3) is 1.00. The summed E-state index contributed by atoms with van der Waals surface area (Å²) in [5.74, 6) is 0. The van der Waals surface area contributed by atoms with E-state index in [9.17, 15) is 21.6 Å². The van der Waals surface area contributed by atoms with Gasteiger partial charge in [-0.1, -0.05) is 0 Å². The Morgan fingerprint density at radius 1 is 1.36 bits per heavy atom. The number of halogens is 3. The second-order valence-electron chi connectivity index (χ2n) is 1.86. The Labute approximate surface area is 78.4 Å². The summed E-state index contributed by atoms with van der Waals surface area (Å²) >= 11 is 0. The fourth-order valence-corrected chi connectivity index (χ4v) is 0.522. The summed E-state index contributed by atoms with van der Waals surface area (Å²) in [4.78, 5) is 14.3. The van der Waals surface area contributed by atoms with E-state index < -0.39 is 31.2 Å². The monoisotopic (exact) mass is 260 g/mol. The Hall–Kier alpha value is -0.150. The van der Waals surface area contributed by atoms with Gasteiger partial charge in [-0.05, 0) is 0 Å². The van der Waals surface area contributed by atoms with Gasteiger partial charge in [-0.15, -0.1) is 0 Å². The molecule has 0 rings (SSSR count). The molecule has 0 aromatic rings. The largest absolute Gasteiger partial charge is 0.413 e. The van der Waals surface area contributed by atoms with Crippen molar-refractivity contribution in [1.29, 1.82) is 0 Å². The minimum atomic E-state index is -4.59. The van der Waals surface area contributed by atoms with Crippen LogP contribution in [0.25, 0.3) is 0 Å². The molecule has 14 heavy (non-hydrogen) atoms. The zero-order valence-corrected chi connectivity index (χ0v) is 8.59. The smallest absolute Gasteiger partial charge is 0.326 e. The van der Waals surface area contributed by atoms with Crippen molar-refractivity contribution in [2.75, 3.05) is 12.9 Å². The molecule has 0 radical (unpaired) electrons. The molecule has 0 aliphatic heterocycles. The Morgan fingerprint density at radius 2 is 1.64 bits per heavy atom. The van der Waals surface area contributed by atoms with Crippen LogP contribution in [0.2, 0.25) is 0 Å². The predicted molar refractivity (Wildman–Crippen MR) is 40.3 cm³/mol. The highest BCUT2D eigenvalue weighted by Gasteiger charge is 2.29. The van der Waals surface area contributed by atoms with Crippen LogP contribution in [0.5, 0.6) is 0 Å². The third kappa shape index (κ3) is 29.7. The molecule has 0 aliphatic rings. The van der Waals surface area contributed by atoms with Crippen LogP contribution in [-0.4, -0.2) is 37.2 Å². The van der Waals surface area contributed by atoms with E-state index in [-0.39, 0.29) is 0 Å². The van der Waals surface area contributed by atoms with E-state index in [1.54, 1.807) is 0 Å². The van der Waals surface area contributed by atoms with Gasteiger partial charge in [-0.25, -0.2) is 0 Å². The van der Waals surface area contributed by atoms with E-state index in [0.717, 1.165) is 0 Å². The minimum Gasteiger partial charge on any atom is -0.326 e. The van der Waals surface area contributed by atoms with E-state index in [4.69, 9.17) is 14.4 Å². The number of rotatable bonds is 2. The number of hydrogen-bond donors (Lipinski definition) is 2. The molecule has 0 saturated heterocycles. The normalized spacial score (nSPS) is 12.2. The topological polar surface area (TPSA) is 101 Å². The number of alkyl halides is 3. The molecule has 0 atom stereocenters. The highest BCUT2D eigenvalue weighted by molar-refractivity contribution is 7.85. The lowest BCUT2D eigenvalue weighted by Crippen LogP contribution is -2.19. The van der Waals surface area contributed by atoms with Crippen molar-refractivity contribution in [3.63, 3.8) is 0 Å². The van der Waals surface area contributed by atoms with Gasteiger partial charge in [0.05, 0.1) is 6.26 Å². The minimum absolute atomic E-state index is 0.554. The molecule has 0 saturated carbocycles. The highest BCUT2D eigenvalue weighted by atomic mass is 32.2. The lowest BCUT2D eigenvalue weighted by atomic mass is 10.7. The molecule has 88 valence electrons. The first-order chi connectivity index (χ1) is 5.94. The zero-order valence-electron chi connectivity index (χ0n) is 6.78. The second-order valence-corrected chi connectivity index (χ2v) is 4.07. The maximum Gasteiger partial charge on any atom is 0.413 e. The highest BCUT2D eigenvalue weighted by Crippen LogP contribution is 2.15. The van der Waals surface area contributed by atoms with Crippen molar-refractivity contribution in [1.82, 2.24) is 0 Å². The maximum absolute atomic E-state index is 11.2. The fourth-order valence-electron chi connectivity index (χ4n) is 0.174. The summed E-state index contributed by atoms with van der Waals surface area (Å²) in [6.07, 6.45) is -4.04. The van der Waals surface area contributed by atoms with Crippen LogP contribution in [0.15, 0.2) is 0 Å². The lowest BCUT2D eigenvalue weighted by molar-refractivity contribution is -0.152. The van der Waals surface area contributed by atoms with Crippen LogP contribution < -0.4 is 0 Å². The van der Waals surface area contributed by atoms with E-state index in [1.165, 1.54) is 0 Å². The molecule has 0 unspecified atom stereocenters. The van der Waals surface area contributed by atoms with Crippen molar-refractivity contribution in [3.05, 3.63) is 0 Å². The quantitative estimate of drug-likeness (QED) is 0.530. The average Bonchev–Trinajstić information content (AvgIpc) is 1.79. The third-order valence-corrected chi connectivity index (χ3v) is 0.983. The van der Waals surface area contributed by atoms with Crippen molar-refractivity contribution in [2.45, 2.75) is 6.18 Å². The molecular weight excluding hydrogens is 252 g/mol. The molecule has 0 bridgehead atoms. The Morgan fingerprint density at radius 3 is 1.71 bits per heavy atom. The van der Waals surface area contributed by atoms with Crippen molar-refractivity contribution in [3.8, 4) is 0 Å². The van der Waals surface area contributed by atoms with Gasteiger partial charge in [0.2, 0.25) is 0 Å². The van der Waals surface area contributed by atoms with Crippen LogP contribution in [0.1, 0.15) is 0 Å². The summed E-state index contributed by atoms with van der Waals surface area (Å²) in [7, 11) is -7.11. The van der Waals surface area contributed by atoms with Crippen LogP contribution >= 0.6 is 8.25 Å². The van der Waals surface area contributed by atoms with E-state index in [2.05, 4.69) is 4.18 Å². The maximum atomic E-state index is 11.2. The molecule has 0 aliphatic carbocycles. The molecule has 11 heteroatoms. The predicted octanol–water partition coefficient (Wildman–Crippen LogP) is -0.114. The molecule has 2 N–H and O–H groups in total. The van der Waals surface area contributed by atoms with Gasteiger partial charge in [-0.2, -0.15) is 21.6 Å². The summed E-state index contributed by atoms with van der Waals surface area (Å²) in [5, 5.41) is 0. The van der Waals surface area contributed by atoms with Gasteiger partial charge in [-0.3, -0.25) is 8.75 Å². The summed E-state index contributed by atoms with van der Waals surface area (Å²) in [5.41, 5.74) is 0. The van der Waals surface area contributed by atoms with Gasteiger partial charge in [0.1, 0.15) is 0 Å². The van der Waals surface area contributed by atoms with E-state index in [1.807, 2.05) is 0 Å². The zero-order chi connectivity index (χ0) is 12.0. The molecule has 0 fully saturated rings. The Kier molecular flexibility index (Phi) is 7.39. The van der Waals surface area contributed by atoms with Gasteiger partial charge in [0.15, 0.2) is 6.61 Å². The SMILES string of the molecule is CS(=O)(=O)OCC(F)(F)F.O=[PH](O)O. The number of hydrogen-bond acceptors (Lipinski definition) is 4. The van der Waals surface area contributed by atoms with Crippen molar-refractivity contribution >= 4 is 18.4 Å². The van der Waals surface area contributed by atoms with Crippen LogP contribution in [0.3, 0.4) is 0 Å². The molecule has 0 aromatic carbocycles. The molecule has 0 spiro atoms. The first kappa shape index (κ1) is 16.3. The molecule has 0 aromatic heterocycles. The summed E-state index contributed by atoms with van der Waals surface area (Å²) < 4.78 is 65.7.